The molecule has 0 nitrogen and oxygen atoms in total. The van der Waals surface area contributed by atoms with E-state index in [2.05, 4.69) is 62.4 Å². The van der Waals surface area contributed by atoms with Crippen LogP contribution in [0.5, 0.6) is 0 Å². The van der Waals surface area contributed by atoms with Crippen molar-refractivity contribution in [1.29, 1.82) is 0 Å². The van der Waals surface area contributed by atoms with E-state index in [1.54, 1.807) is 0 Å². The molecule has 0 heteroatoms. The maximum atomic E-state index is 2.48. The molecule has 0 N–H and O–H groups in total. The van der Waals surface area contributed by atoms with Crippen molar-refractivity contribution < 1.29 is 0 Å². The predicted octanol–water partition coefficient (Wildman–Crippen LogP) is 5.23. The van der Waals surface area contributed by atoms with Crippen LogP contribution in [0.4, 0.5) is 0 Å². The standard InChI is InChI=1S/C18H24/c1-3-4-12-18(13-8-5-9-14-18)15-17-11-7-6-10-16(17)2/h3-4,6-8,10-11,13H,5,9,12,14-15H2,1-2H3/t18-/m1/s1. The highest BCUT2D eigenvalue weighted by molar-refractivity contribution is 5.28. The van der Waals surface area contributed by atoms with Gasteiger partial charge >= 0.3 is 0 Å². The minimum absolute atomic E-state index is 0.358. The topological polar surface area (TPSA) is 0 Å². The van der Waals surface area contributed by atoms with E-state index in [1.807, 2.05) is 0 Å². The van der Waals surface area contributed by atoms with Crippen LogP contribution in [0.3, 0.4) is 0 Å². The fraction of sp³-hybridized carbons (Fsp3) is 0.444. The third-order valence-corrected chi connectivity index (χ3v) is 4.08. The lowest BCUT2D eigenvalue weighted by molar-refractivity contribution is 0.328. The summed E-state index contributed by atoms with van der Waals surface area (Å²) >= 11 is 0. The number of hydrogen-bond donors (Lipinski definition) is 0. The molecule has 0 bridgehead atoms. The smallest absolute Gasteiger partial charge is 0.00432 e. The third-order valence-electron chi connectivity index (χ3n) is 4.08. The molecule has 0 aromatic heterocycles. The third kappa shape index (κ3) is 3.13. The first-order valence-corrected chi connectivity index (χ1v) is 7.09. The molecule has 1 aromatic rings. The van der Waals surface area contributed by atoms with Gasteiger partial charge in [0.2, 0.25) is 0 Å². The first-order chi connectivity index (χ1) is 8.76. The van der Waals surface area contributed by atoms with Crippen molar-refractivity contribution in [2.45, 2.75) is 46.0 Å². The van der Waals surface area contributed by atoms with Gasteiger partial charge in [-0.1, -0.05) is 48.6 Å². The van der Waals surface area contributed by atoms with Crippen LogP contribution in [0, 0.1) is 12.3 Å². The molecule has 0 unspecified atom stereocenters. The van der Waals surface area contributed by atoms with Gasteiger partial charge in [-0.2, -0.15) is 0 Å². The molecule has 0 radical (unpaired) electrons. The highest BCUT2D eigenvalue weighted by Crippen LogP contribution is 2.38. The Morgan fingerprint density at radius 1 is 1.28 bits per heavy atom. The summed E-state index contributed by atoms with van der Waals surface area (Å²) in [6.07, 6.45) is 15.6. The molecule has 1 atom stereocenters. The van der Waals surface area contributed by atoms with E-state index in [0.29, 0.717) is 5.41 Å². The first-order valence-electron chi connectivity index (χ1n) is 7.09. The minimum Gasteiger partial charge on any atom is -0.0916 e. The molecule has 2 rings (SSSR count). The Bertz CT molecular complexity index is 439. The molecule has 96 valence electrons. The largest absolute Gasteiger partial charge is 0.0916 e. The number of rotatable bonds is 4. The normalized spacial score (nSPS) is 23.7. The first kappa shape index (κ1) is 13.1. The maximum Gasteiger partial charge on any atom is -0.00432 e. The maximum absolute atomic E-state index is 2.48. The van der Waals surface area contributed by atoms with Gasteiger partial charge in [-0.15, -0.1) is 0 Å². The van der Waals surface area contributed by atoms with Crippen molar-refractivity contribution in [3.8, 4) is 0 Å². The summed E-state index contributed by atoms with van der Waals surface area (Å²) in [5.74, 6) is 0. The van der Waals surface area contributed by atoms with Crippen LogP contribution in [0.15, 0.2) is 48.6 Å². The molecule has 0 saturated carbocycles. The molecule has 0 spiro atoms. The molecule has 0 aliphatic heterocycles. The van der Waals surface area contributed by atoms with Gasteiger partial charge in [0.05, 0.1) is 0 Å². The Labute approximate surface area is 111 Å². The Hall–Kier alpha value is -1.30. The van der Waals surface area contributed by atoms with E-state index in [4.69, 9.17) is 0 Å². The summed E-state index contributed by atoms with van der Waals surface area (Å²) in [7, 11) is 0. The molecule has 1 aliphatic carbocycles. The Balaban J connectivity index is 2.22. The van der Waals surface area contributed by atoms with Gasteiger partial charge in [-0.05, 0) is 62.5 Å². The summed E-state index contributed by atoms with van der Waals surface area (Å²) in [5.41, 5.74) is 3.29. The molecule has 18 heavy (non-hydrogen) atoms. The van der Waals surface area contributed by atoms with Gasteiger partial charge in [0.15, 0.2) is 0 Å². The lowest BCUT2D eigenvalue weighted by Crippen LogP contribution is -2.23. The molecule has 0 amide bonds. The quantitative estimate of drug-likeness (QED) is 0.632. The molecule has 0 fully saturated rings. The zero-order valence-corrected chi connectivity index (χ0v) is 11.7. The van der Waals surface area contributed by atoms with Crippen LogP contribution < -0.4 is 0 Å². The lowest BCUT2D eigenvalue weighted by Gasteiger charge is -2.33. The number of benzene rings is 1. The molecule has 1 aromatic carbocycles. The van der Waals surface area contributed by atoms with E-state index < -0.39 is 0 Å². The van der Waals surface area contributed by atoms with Gasteiger partial charge in [0.25, 0.3) is 0 Å². The van der Waals surface area contributed by atoms with E-state index >= 15 is 0 Å². The molecule has 0 heterocycles. The van der Waals surface area contributed by atoms with Crippen LogP contribution in [-0.2, 0) is 6.42 Å². The molecular weight excluding hydrogens is 216 g/mol. The summed E-state index contributed by atoms with van der Waals surface area (Å²) in [5, 5.41) is 0. The lowest BCUT2D eigenvalue weighted by atomic mass is 9.71. The van der Waals surface area contributed by atoms with E-state index in [-0.39, 0.29) is 0 Å². The highest BCUT2D eigenvalue weighted by Gasteiger charge is 2.27. The number of hydrogen-bond acceptors (Lipinski definition) is 0. The summed E-state index contributed by atoms with van der Waals surface area (Å²) in [6.45, 7) is 4.35. The number of allylic oxidation sites excluding steroid dienone is 4. The van der Waals surface area contributed by atoms with Gasteiger partial charge < -0.3 is 0 Å². The molecule has 1 aliphatic rings. The van der Waals surface area contributed by atoms with Crippen LogP contribution in [-0.4, -0.2) is 0 Å². The zero-order valence-electron chi connectivity index (χ0n) is 11.7. The summed E-state index contributed by atoms with van der Waals surface area (Å²) in [4.78, 5) is 0. The average molecular weight is 240 g/mol. The van der Waals surface area contributed by atoms with E-state index in [1.165, 1.54) is 43.2 Å². The Morgan fingerprint density at radius 3 is 2.78 bits per heavy atom. The monoisotopic (exact) mass is 240 g/mol. The summed E-state index contributed by atoms with van der Waals surface area (Å²) < 4.78 is 0. The fourth-order valence-corrected chi connectivity index (χ4v) is 2.92. The SMILES string of the molecule is CC=CC[C@@]1(Cc2ccccc2C)C=CCCC1. The van der Waals surface area contributed by atoms with Gasteiger partial charge in [-0.25, -0.2) is 0 Å². The summed E-state index contributed by atoms with van der Waals surface area (Å²) in [6, 6.07) is 8.81. The van der Waals surface area contributed by atoms with Crippen molar-refractivity contribution in [3.05, 3.63) is 59.7 Å². The van der Waals surface area contributed by atoms with Crippen molar-refractivity contribution in [3.63, 3.8) is 0 Å². The minimum atomic E-state index is 0.358. The Kier molecular flexibility index (Phi) is 4.41. The molecule has 0 saturated heterocycles. The van der Waals surface area contributed by atoms with Crippen LogP contribution in [0.1, 0.15) is 43.7 Å². The van der Waals surface area contributed by atoms with Crippen molar-refractivity contribution >= 4 is 0 Å². The van der Waals surface area contributed by atoms with Crippen LogP contribution in [0.25, 0.3) is 0 Å². The van der Waals surface area contributed by atoms with Crippen molar-refractivity contribution in [2.24, 2.45) is 5.41 Å². The zero-order chi connectivity index (χ0) is 12.8. The van der Waals surface area contributed by atoms with Gasteiger partial charge in [0.1, 0.15) is 0 Å². The second kappa shape index (κ2) is 6.04. The average Bonchev–Trinajstić information content (AvgIpc) is 2.40. The van der Waals surface area contributed by atoms with Crippen LogP contribution >= 0.6 is 0 Å². The van der Waals surface area contributed by atoms with Gasteiger partial charge in [0, 0.05) is 0 Å². The second-order valence-electron chi connectivity index (χ2n) is 5.53. The fourth-order valence-electron chi connectivity index (χ4n) is 2.92. The van der Waals surface area contributed by atoms with E-state index in [0.717, 1.165) is 0 Å². The predicted molar refractivity (Wildman–Crippen MR) is 79.7 cm³/mol. The van der Waals surface area contributed by atoms with Crippen molar-refractivity contribution in [2.75, 3.05) is 0 Å². The Morgan fingerprint density at radius 2 is 2.11 bits per heavy atom. The van der Waals surface area contributed by atoms with E-state index in [9.17, 15) is 0 Å². The van der Waals surface area contributed by atoms with Crippen LogP contribution in [0.2, 0.25) is 0 Å². The second-order valence-corrected chi connectivity index (χ2v) is 5.53. The number of aryl methyl sites for hydroxylation is 1. The van der Waals surface area contributed by atoms with Crippen molar-refractivity contribution in [1.82, 2.24) is 0 Å². The highest BCUT2D eigenvalue weighted by atomic mass is 14.3. The molecular formula is C18H24. The van der Waals surface area contributed by atoms with Gasteiger partial charge in [-0.3, -0.25) is 0 Å².